The second-order valence-corrected chi connectivity index (χ2v) is 10.7. The topological polar surface area (TPSA) is 54.3 Å². The lowest BCUT2D eigenvalue weighted by Crippen LogP contribution is -2.18. The third kappa shape index (κ3) is 3.88. The summed E-state index contributed by atoms with van der Waals surface area (Å²) in [6.45, 7) is 3.46. The number of para-hydroxylation sites is 1. The summed E-state index contributed by atoms with van der Waals surface area (Å²) in [5.74, 6) is 0. The number of nitrogens with zero attached hydrogens (tertiary/aromatic N) is 2. The zero-order valence-electron chi connectivity index (χ0n) is 16.4. The standard InChI is InChI=1S/C21H22ClN3O2S2/c1-14-17-13-16(22)7-8-19(17)28-21(14)29(26,27)23-18-6-4-5-15-9-10-25(20(15)18)12-11-24(2)3/h4-10,13,23H,11-12H2,1-3H3. The van der Waals surface area contributed by atoms with Crippen molar-refractivity contribution in [1.82, 2.24) is 9.47 Å². The van der Waals surface area contributed by atoms with E-state index in [0.29, 0.717) is 14.9 Å². The van der Waals surface area contributed by atoms with Gasteiger partial charge in [0.1, 0.15) is 4.21 Å². The van der Waals surface area contributed by atoms with Gasteiger partial charge in [0.2, 0.25) is 0 Å². The van der Waals surface area contributed by atoms with Crippen molar-refractivity contribution >= 4 is 59.6 Å². The van der Waals surface area contributed by atoms with Crippen molar-refractivity contribution in [3.8, 4) is 0 Å². The number of aryl methyl sites for hydroxylation is 1. The van der Waals surface area contributed by atoms with Crippen LogP contribution in [0.1, 0.15) is 5.56 Å². The average molecular weight is 448 g/mol. The first-order valence-corrected chi connectivity index (χ1v) is 11.9. The lowest BCUT2D eigenvalue weighted by molar-refractivity contribution is 0.387. The Labute approximate surface area is 179 Å². The second kappa shape index (κ2) is 7.65. The summed E-state index contributed by atoms with van der Waals surface area (Å²) in [5, 5.41) is 2.47. The molecule has 152 valence electrons. The molecule has 0 bridgehead atoms. The molecule has 0 aliphatic heterocycles. The molecule has 0 fully saturated rings. The van der Waals surface area contributed by atoms with Gasteiger partial charge in [0.25, 0.3) is 10.0 Å². The Morgan fingerprint density at radius 3 is 2.72 bits per heavy atom. The van der Waals surface area contributed by atoms with E-state index in [2.05, 4.69) is 14.2 Å². The predicted molar refractivity (Wildman–Crippen MR) is 123 cm³/mol. The summed E-state index contributed by atoms with van der Waals surface area (Å²) in [4.78, 5) is 2.10. The molecular weight excluding hydrogens is 426 g/mol. The number of hydrogen-bond donors (Lipinski definition) is 1. The quantitative estimate of drug-likeness (QED) is 0.443. The number of halogens is 1. The number of nitrogens with one attached hydrogen (secondary N) is 1. The highest BCUT2D eigenvalue weighted by Crippen LogP contribution is 2.37. The summed E-state index contributed by atoms with van der Waals surface area (Å²) in [7, 11) is 0.305. The number of thiophene rings is 1. The van der Waals surface area contributed by atoms with E-state index < -0.39 is 10.0 Å². The fourth-order valence-electron chi connectivity index (χ4n) is 3.46. The van der Waals surface area contributed by atoms with Crippen molar-refractivity contribution in [2.24, 2.45) is 0 Å². The Morgan fingerprint density at radius 1 is 1.17 bits per heavy atom. The van der Waals surface area contributed by atoms with E-state index in [0.717, 1.165) is 39.6 Å². The first-order chi connectivity index (χ1) is 13.8. The minimum absolute atomic E-state index is 0.318. The highest BCUT2D eigenvalue weighted by atomic mass is 35.5. The Balaban J connectivity index is 1.76. The molecule has 0 saturated carbocycles. The van der Waals surface area contributed by atoms with E-state index >= 15 is 0 Å². The van der Waals surface area contributed by atoms with Crippen LogP contribution in [0.15, 0.2) is 52.9 Å². The maximum absolute atomic E-state index is 13.3. The molecule has 4 aromatic rings. The van der Waals surface area contributed by atoms with Crippen LogP contribution < -0.4 is 4.72 Å². The van der Waals surface area contributed by atoms with Crippen LogP contribution in [0.5, 0.6) is 0 Å². The molecule has 0 aliphatic rings. The minimum atomic E-state index is -3.73. The van der Waals surface area contributed by atoms with Crippen LogP contribution >= 0.6 is 22.9 Å². The highest BCUT2D eigenvalue weighted by molar-refractivity contribution is 7.95. The summed E-state index contributed by atoms with van der Waals surface area (Å²) >= 11 is 7.36. The lowest BCUT2D eigenvalue weighted by atomic mass is 10.2. The Morgan fingerprint density at radius 2 is 1.97 bits per heavy atom. The van der Waals surface area contributed by atoms with Crippen molar-refractivity contribution < 1.29 is 8.42 Å². The van der Waals surface area contributed by atoms with E-state index in [9.17, 15) is 8.42 Å². The number of anilines is 1. The van der Waals surface area contributed by atoms with Gasteiger partial charge in [0.15, 0.2) is 0 Å². The summed E-state index contributed by atoms with van der Waals surface area (Å²) < 4.78 is 32.7. The largest absolute Gasteiger partial charge is 0.344 e. The van der Waals surface area contributed by atoms with Gasteiger partial charge in [-0.3, -0.25) is 4.72 Å². The second-order valence-electron chi connectivity index (χ2n) is 7.32. The molecule has 29 heavy (non-hydrogen) atoms. The summed E-state index contributed by atoms with van der Waals surface area (Å²) in [6, 6.07) is 13.1. The molecule has 2 aromatic carbocycles. The monoisotopic (exact) mass is 447 g/mol. The smallest absolute Gasteiger partial charge is 0.271 e. The van der Waals surface area contributed by atoms with Crippen LogP contribution in [0.25, 0.3) is 21.0 Å². The van der Waals surface area contributed by atoms with Crippen LogP contribution in [0, 0.1) is 6.92 Å². The van der Waals surface area contributed by atoms with E-state index in [1.807, 2.05) is 63.6 Å². The molecule has 0 atom stereocenters. The number of sulfonamides is 1. The maximum Gasteiger partial charge on any atom is 0.271 e. The lowest BCUT2D eigenvalue weighted by Gasteiger charge is -2.14. The molecule has 5 nitrogen and oxygen atoms in total. The van der Waals surface area contributed by atoms with Gasteiger partial charge in [-0.15, -0.1) is 11.3 Å². The van der Waals surface area contributed by atoms with Crippen LogP contribution in [0.3, 0.4) is 0 Å². The zero-order chi connectivity index (χ0) is 20.8. The molecule has 0 unspecified atom stereocenters. The van der Waals surface area contributed by atoms with Crippen molar-refractivity contribution in [2.45, 2.75) is 17.7 Å². The van der Waals surface area contributed by atoms with E-state index in [-0.39, 0.29) is 0 Å². The van der Waals surface area contributed by atoms with E-state index in [1.165, 1.54) is 11.3 Å². The SMILES string of the molecule is Cc1c(S(=O)(=O)Nc2cccc3ccn(CCN(C)C)c23)sc2ccc(Cl)cc12. The van der Waals surface area contributed by atoms with E-state index in [4.69, 9.17) is 11.6 Å². The number of rotatable bonds is 6. The third-order valence-electron chi connectivity index (χ3n) is 4.92. The average Bonchev–Trinajstić information content (AvgIpc) is 3.22. The molecular formula is C21H22ClN3O2S2. The molecule has 0 amide bonds. The van der Waals surface area contributed by atoms with Gasteiger partial charge in [0.05, 0.1) is 11.2 Å². The molecule has 2 aromatic heterocycles. The van der Waals surface area contributed by atoms with Crippen LogP contribution in [-0.2, 0) is 16.6 Å². The van der Waals surface area contributed by atoms with Crippen molar-refractivity contribution in [1.29, 1.82) is 0 Å². The van der Waals surface area contributed by atoms with Crippen LogP contribution in [0.4, 0.5) is 5.69 Å². The number of fused-ring (bicyclic) bond motifs is 2. The van der Waals surface area contributed by atoms with Crippen molar-refractivity contribution in [3.05, 3.63) is 59.2 Å². The number of likely N-dealkylation sites (N-methyl/N-ethyl adjacent to an activating group) is 1. The molecule has 1 N–H and O–H groups in total. The Hall–Kier alpha value is -2.06. The highest BCUT2D eigenvalue weighted by Gasteiger charge is 2.23. The van der Waals surface area contributed by atoms with Gasteiger partial charge < -0.3 is 9.47 Å². The van der Waals surface area contributed by atoms with E-state index in [1.54, 1.807) is 6.07 Å². The maximum atomic E-state index is 13.3. The van der Waals surface area contributed by atoms with Gasteiger partial charge in [-0.25, -0.2) is 8.42 Å². The summed E-state index contributed by atoms with van der Waals surface area (Å²) in [5.41, 5.74) is 2.19. The molecule has 0 spiro atoms. The summed E-state index contributed by atoms with van der Waals surface area (Å²) in [6.07, 6.45) is 2.00. The minimum Gasteiger partial charge on any atom is -0.344 e. The van der Waals surface area contributed by atoms with Gasteiger partial charge in [0, 0.05) is 34.4 Å². The van der Waals surface area contributed by atoms with Gasteiger partial charge >= 0.3 is 0 Å². The molecule has 4 rings (SSSR count). The predicted octanol–water partition coefficient (Wildman–Crippen LogP) is 5.18. The molecule has 0 aliphatic carbocycles. The first kappa shape index (κ1) is 20.2. The first-order valence-electron chi connectivity index (χ1n) is 9.20. The Bertz CT molecular complexity index is 1310. The van der Waals surface area contributed by atoms with Gasteiger partial charge in [-0.2, -0.15) is 0 Å². The van der Waals surface area contributed by atoms with Crippen molar-refractivity contribution in [2.75, 3.05) is 25.4 Å². The van der Waals surface area contributed by atoms with Crippen LogP contribution in [-0.4, -0.2) is 38.5 Å². The Kier molecular flexibility index (Phi) is 5.33. The molecule has 0 radical (unpaired) electrons. The number of aromatic nitrogens is 1. The fraction of sp³-hybridized carbons (Fsp3) is 0.238. The van der Waals surface area contributed by atoms with Gasteiger partial charge in [-0.05, 0) is 62.3 Å². The zero-order valence-corrected chi connectivity index (χ0v) is 18.8. The van der Waals surface area contributed by atoms with Crippen molar-refractivity contribution in [3.63, 3.8) is 0 Å². The van der Waals surface area contributed by atoms with Crippen LogP contribution in [0.2, 0.25) is 5.02 Å². The normalized spacial score (nSPS) is 12.3. The van der Waals surface area contributed by atoms with Gasteiger partial charge in [-0.1, -0.05) is 23.7 Å². The number of benzene rings is 2. The molecule has 2 heterocycles. The molecule has 0 saturated heterocycles. The third-order valence-corrected chi connectivity index (χ3v) is 8.41. The molecule has 8 heteroatoms. The number of hydrogen-bond acceptors (Lipinski definition) is 4. The fourth-order valence-corrected chi connectivity index (χ4v) is 6.44.